The average Bonchev–Trinajstić information content (AvgIpc) is 3.40. The molecular weight excluding hydrogens is 825 g/mol. The maximum atomic E-state index is 10.5. The van der Waals surface area contributed by atoms with Gasteiger partial charge in [0.2, 0.25) is 0 Å². The Kier molecular flexibility index (Phi) is 8.81. The van der Waals surface area contributed by atoms with Gasteiger partial charge in [-0.25, -0.2) is 0 Å². The van der Waals surface area contributed by atoms with Crippen molar-refractivity contribution in [2.75, 3.05) is 9.80 Å². The molecule has 9 aromatic carbocycles. The molecule has 0 saturated heterocycles. The molecule has 0 saturated carbocycles. The zero-order valence-corrected chi connectivity index (χ0v) is 37.7. The van der Waals surface area contributed by atoms with Gasteiger partial charge in [0, 0.05) is 34.9 Å². The van der Waals surface area contributed by atoms with Crippen molar-refractivity contribution in [2.45, 2.75) is 24.7 Å². The van der Waals surface area contributed by atoms with E-state index in [9.17, 15) is 5.26 Å². The zero-order chi connectivity index (χ0) is 45.6. The molecule has 0 N–H and O–H groups in total. The quantitative estimate of drug-likeness (QED) is 0.177. The number of hydrogen-bond acceptors (Lipinski definition) is 4. The molecule has 0 unspecified atom stereocenters. The van der Waals surface area contributed by atoms with Crippen LogP contribution in [0.15, 0.2) is 231 Å². The second-order valence-electron chi connectivity index (χ2n) is 18.3. The molecule has 0 atom stereocenters. The third-order valence-electron chi connectivity index (χ3n) is 14.8. The molecule has 2 spiro atoms. The van der Waals surface area contributed by atoms with E-state index in [2.05, 4.69) is 223 Å². The molecule has 1 aromatic heterocycles. The van der Waals surface area contributed by atoms with Crippen molar-refractivity contribution < 1.29 is 0 Å². The van der Waals surface area contributed by atoms with E-state index in [-0.39, 0.29) is 0 Å². The van der Waals surface area contributed by atoms with Gasteiger partial charge >= 0.3 is 0 Å². The third kappa shape index (κ3) is 5.39. The van der Waals surface area contributed by atoms with Crippen molar-refractivity contribution in [3.8, 4) is 28.3 Å². The Bertz CT molecular complexity index is 3530. The van der Waals surface area contributed by atoms with Gasteiger partial charge in [0.15, 0.2) is 0 Å². The topological polar surface area (TPSA) is 43.2 Å². The van der Waals surface area contributed by atoms with Crippen LogP contribution in [-0.2, 0) is 10.8 Å². The summed E-state index contributed by atoms with van der Waals surface area (Å²) in [5.74, 6) is 0. The first-order chi connectivity index (χ1) is 33.5. The fraction of sp³-hybridized carbons (Fsp3) is 0.0625. The first-order valence-corrected chi connectivity index (χ1v) is 23.3. The molecule has 13 rings (SSSR count). The normalized spacial score (nSPS) is 14.2. The summed E-state index contributed by atoms with van der Waals surface area (Å²) < 4.78 is 0. The van der Waals surface area contributed by atoms with Gasteiger partial charge in [0.1, 0.15) is 6.07 Å². The summed E-state index contributed by atoms with van der Waals surface area (Å²) >= 11 is 0. The maximum Gasteiger partial charge on any atom is 0.101 e. The first kappa shape index (κ1) is 39.6. The van der Waals surface area contributed by atoms with E-state index in [1.54, 1.807) is 6.20 Å². The molecule has 68 heavy (non-hydrogen) atoms. The highest BCUT2D eigenvalue weighted by atomic mass is 15.2. The molecule has 3 heterocycles. The van der Waals surface area contributed by atoms with Gasteiger partial charge in [-0.2, -0.15) is 5.26 Å². The monoisotopic (exact) mass is 868 g/mol. The van der Waals surface area contributed by atoms with Crippen LogP contribution in [0.5, 0.6) is 0 Å². The van der Waals surface area contributed by atoms with Crippen molar-refractivity contribution in [3.05, 3.63) is 292 Å². The number of benzene rings is 9. The number of fused-ring (bicyclic) bond motifs is 14. The summed E-state index contributed by atoms with van der Waals surface area (Å²) in [6.07, 6.45) is 3.60. The molecule has 2 aliphatic heterocycles. The third-order valence-corrected chi connectivity index (χ3v) is 14.8. The van der Waals surface area contributed by atoms with Crippen LogP contribution in [-0.4, -0.2) is 4.98 Å². The van der Waals surface area contributed by atoms with Gasteiger partial charge in [0.05, 0.1) is 39.1 Å². The van der Waals surface area contributed by atoms with E-state index in [1.165, 1.54) is 67.0 Å². The molecule has 4 nitrogen and oxygen atoms in total. The van der Waals surface area contributed by atoms with Crippen molar-refractivity contribution >= 4 is 34.1 Å². The van der Waals surface area contributed by atoms with E-state index >= 15 is 0 Å². The van der Waals surface area contributed by atoms with Gasteiger partial charge < -0.3 is 9.80 Å². The maximum absolute atomic E-state index is 10.5. The standard InChI is InChI=1S/C64H44N4/c1-42-29-35-61-57(37-42)64(58-38-43(2)30-36-62(58)67(61)46-19-7-4-8-20-46)53-23-11-9-21-51(53)63(52-22-10-12-24-54(52)64)55-25-13-15-27-59(55)68(60-28-16-14-26-56(60)63)47-33-31-45(32-34-47)50-41-66-40-49(48(50)39-65)44-17-5-3-6-18-44/h3-38,40-41H,1-2H3. The van der Waals surface area contributed by atoms with E-state index in [0.717, 1.165) is 45.0 Å². The Morgan fingerprint density at radius 3 is 1.21 bits per heavy atom. The summed E-state index contributed by atoms with van der Waals surface area (Å²) in [6, 6.07) is 82.7. The van der Waals surface area contributed by atoms with Crippen LogP contribution < -0.4 is 9.80 Å². The van der Waals surface area contributed by atoms with Crippen LogP contribution in [0, 0.1) is 25.2 Å². The molecule has 320 valence electrons. The van der Waals surface area contributed by atoms with Crippen LogP contribution in [0.3, 0.4) is 0 Å². The average molecular weight is 869 g/mol. The lowest BCUT2D eigenvalue weighted by Crippen LogP contribution is -2.49. The summed E-state index contributed by atoms with van der Waals surface area (Å²) in [5, 5.41) is 10.5. The molecular formula is C64H44N4. The summed E-state index contributed by atoms with van der Waals surface area (Å²) in [7, 11) is 0. The van der Waals surface area contributed by atoms with Gasteiger partial charge in [-0.05, 0) is 118 Å². The predicted octanol–water partition coefficient (Wildman–Crippen LogP) is 15.5. The van der Waals surface area contributed by atoms with Crippen LogP contribution >= 0.6 is 0 Å². The minimum absolute atomic E-state index is 0.614. The molecule has 3 aliphatic rings. The smallest absolute Gasteiger partial charge is 0.101 e. The van der Waals surface area contributed by atoms with Gasteiger partial charge in [-0.3, -0.25) is 4.98 Å². The molecule has 0 bridgehead atoms. The molecule has 0 amide bonds. The highest BCUT2D eigenvalue weighted by molar-refractivity contribution is 5.96. The second kappa shape index (κ2) is 15.1. The number of aromatic nitrogens is 1. The largest absolute Gasteiger partial charge is 0.310 e. The molecule has 0 radical (unpaired) electrons. The zero-order valence-electron chi connectivity index (χ0n) is 37.7. The predicted molar refractivity (Wildman–Crippen MR) is 276 cm³/mol. The van der Waals surface area contributed by atoms with Gasteiger partial charge in [0.25, 0.3) is 0 Å². The van der Waals surface area contributed by atoms with Crippen molar-refractivity contribution in [1.82, 2.24) is 4.98 Å². The molecule has 10 aromatic rings. The lowest BCUT2D eigenvalue weighted by atomic mass is 9.49. The minimum Gasteiger partial charge on any atom is -0.310 e. The summed E-state index contributed by atoms with van der Waals surface area (Å²) in [6.45, 7) is 4.45. The molecule has 1 aliphatic carbocycles. The molecule has 0 fully saturated rings. The lowest BCUT2D eigenvalue weighted by molar-refractivity contribution is 0.607. The Hall–Kier alpha value is -8.78. The molecule has 4 heteroatoms. The fourth-order valence-electron chi connectivity index (χ4n) is 12.1. The van der Waals surface area contributed by atoms with E-state index in [1.807, 2.05) is 36.5 Å². The van der Waals surface area contributed by atoms with Gasteiger partial charge in [-0.15, -0.1) is 0 Å². The summed E-state index contributed by atoms with van der Waals surface area (Å²) in [4.78, 5) is 9.52. The van der Waals surface area contributed by atoms with Crippen LogP contribution in [0.2, 0.25) is 0 Å². The Morgan fingerprint density at radius 1 is 0.368 bits per heavy atom. The Labute approximate surface area is 397 Å². The number of rotatable bonds is 4. The van der Waals surface area contributed by atoms with Crippen molar-refractivity contribution in [2.24, 2.45) is 0 Å². The highest BCUT2D eigenvalue weighted by Crippen LogP contribution is 2.68. The number of pyridine rings is 1. The first-order valence-electron chi connectivity index (χ1n) is 23.3. The SMILES string of the molecule is Cc1ccc2c(c1)C1(c3cc(C)ccc3N2c2ccccc2)c2ccccc2C2(c3ccccc3N(c3ccc(-c4cncc(-c5ccccc5)c4C#N)cc3)c3ccccc32)c2ccccc21. The lowest BCUT2D eigenvalue weighted by Gasteiger charge is -2.56. The minimum atomic E-state index is -0.683. The number of nitriles is 1. The Balaban J connectivity index is 1.05. The number of anilines is 6. The number of hydrogen-bond donors (Lipinski definition) is 0. The van der Waals surface area contributed by atoms with E-state index < -0.39 is 10.8 Å². The number of aryl methyl sites for hydroxylation is 2. The highest BCUT2D eigenvalue weighted by Gasteiger charge is 2.59. The Morgan fingerprint density at radius 2 is 0.735 bits per heavy atom. The fourth-order valence-corrected chi connectivity index (χ4v) is 12.1. The van der Waals surface area contributed by atoms with Crippen LogP contribution in [0.1, 0.15) is 61.2 Å². The van der Waals surface area contributed by atoms with Crippen molar-refractivity contribution in [3.63, 3.8) is 0 Å². The van der Waals surface area contributed by atoms with E-state index in [0.29, 0.717) is 5.56 Å². The van der Waals surface area contributed by atoms with Gasteiger partial charge in [-0.1, -0.05) is 181 Å². The van der Waals surface area contributed by atoms with Crippen LogP contribution in [0.4, 0.5) is 34.1 Å². The van der Waals surface area contributed by atoms with E-state index in [4.69, 9.17) is 0 Å². The number of para-hydroxylation sites is 3. The second-order valence-corrected chi connectivity index (χ2v) is 18.3. The summed E-state index contributed by atoms with van der Waals surface area (Å²) in [5.41, 5.74) is 22.2. The number of nitrogens with zero attached hydrogens (tertiary/aromatic N) is 4. The van der Waals surface area contributed by atoms with Crippen LogP contribution in [0.25, 0.3) is 22.3 Å². The van der Waals surface area contributed by atoms with Crippen molar-refractivity contribution in [1.29, 1.82) is 5.26 Å².